The lowest BCUT2D eigenvalue weighted by atomic mass is 9.94. The fourth-order valence-electron chi connectivity index (χ4n) is 3.22. The van der Waals surface area contributed by atoms with Gasteiger partial charge in [0.2, 0.25) is 0 Å². The largest absolute Gasteiger partial charge is 0.457 e. The number of hydrogen-bond donors (Lipinski definition) is 3. The Morgan fingerprint density at radius 3 is 2.52 bits per heavy atom. The first-order valence-electron chi connectivity index (χ1n) is 8.90. The van der Waals surface area contributed by atoms with E-state index in [9.17, 15) is 0 Å². The van der Waals surface area contributed by atoms with Crippen molar-refractivity contribution in [1.29, 1.82) is 0 Å². The van der Waals surface area contributed by atoms with Crippen LogP contribution in [0.15, 0.2) is 54.6 Å². The fraction of sp³-hybridized carbons (Fsp3) is 0.400. The van der Waals surface area contributed by atoms with Gasteiger partial charge in [0.25, 0.3) is 0 Å². The van der Waals surface area contributed by atoms with E-state index in [2.05, 4.69) is 40.2 Å². The van der Waals surface area contributed by atoms with E-state index < -0.39 is 0 Å². The van der Waals surface area contributed by atoms with Crippen LogP contribution in [0, 0.1) is 5.92 Å². The highest BCUT2D eigenvalue weighted by Crippen LogP contribution is 2.28. The summed E-state index contributed by atoms with van der Waals surface area (Å²) in [5.74, 6) is 2.27. The minimum Gasteiger partial charge on any atom is -0.457 e. The Morgan fingerprint density at radius 1 is 1.08 bits per heavy atom. The molecular formula is C20H28N4O. The summed E-state index contributed by atoms with van der Waals surface area (Å²) in [4.78, 5) is 2.38. The van der Waals surface area contributed by atoms with Gasteiger partial charge in [0, 0.05) is 32.1 Å². The molecule has 3 N–H and O–H groups in total. The average Bonchev–Trinajstić information content (AvgIpc) is 3.09. The Balaban J connectivity index is 1.60. The molecule has 2 atom stereocenters. The molecule has 0 amide bonds. The summed E-state index contributed by atoms with van der Waals surface area (Å²) in [6.07, 6.45) is 0. The van der Waals surface area contributed by atoms with Crippen LogP contribution in [-0.2, 0) is 0 Å². The summed E-state index contributed by atoms with van der Waals surface area (Å²) < 4.78 is 5.88. The molecule has 5 nitrogen and oxygen atoms in total. The highest BCUT2D eigenvalue weighted by Gasteiger charge is 2.28. The van der Waals surface area contributed by atoms with Crippen LogP contribution >= 0.6 is 0 Å². The Morgan fingerprint density at radius 2 is 1.80 bits per heavy atom. The third kappa shape index (κ3) is 5.03. The van der Waals surface area contributed by atoms with Crippen LogP contribution in [0.5, 0.6) is 11.5 Å². The van der Waals surface area contributed by atoms with E-state index in [4.69, 9.17) is 4.74 Å². The Hall–Kier alpha value is -1.92. The molecule has 134 valence electrons. The molecule has 0 saturated carbocycles. The molecule has 2 aromatic rings. The summed E-state index contributed by atoms with van der Waals surface area (Å²) in [6.45, 7) is 4.12. The second-order valence-electron chi connectivity index (χ2n) is 6.61. The van der Waals surface area contributed by atoms with Gasteiger partial charge in [0.15, 0.2) is 0 Å². The first kappa shape index (κ1) is 17.9. The molecule has 25 heavy (non-hydrogen) atoms. The second-order valence-corrected chi connectivity index (χ2v) is 6.61. The monoisotopic (exact) mass is 340 g/mol. The minimum atomic E-state index is 0.322. The van der Waals surface area contributed by atoms with Crippen molar-refractivity contribution in [2.24, 2.45) is 5.92 Å². The number of para-hydroxylation sites is 1. The van der Waals surface area contributed by atoms with Crippen LogP contribution in [0.1, 0.15) is 11.6 Å². The third-order valence-electron chi connectivity index (χ3n) is 4.60. The predicted molar refractivity (Wildman–Crippen MR) is 102 cm³/mol. The highest BCUT2D eigenvalue weighted by molar-refractivity contribution is 5.34. The van der Waals surface area contributed by atoms with Crippen LogP contribution in [0.2, 0.25) is 0 Å². The molecule has 0 radical (unpaired) electrons. The van der Waals surface area contributed by atoms with Crippen molar-refractivity contribution >= 4 is 0 Å². The van der Waals surface area contributed by atoms with Crippen LogP contribution in [-0.4, -0.2) is 45.2 Å². The van der Waals surface area contributed by atoms with Crippen molar-refractivity contribution in [3.8, 4) is 11.5 Å². The Labute approximate surface area is 150 Å². The van der Waals surface area contributed by atoms with E-state index in [1.54, 1.807) is 0 Å². The van der Waals surface area contributed by atoms with Gasteiger partial charge in [0.1, 0.15) is 11.5 Å². The van der Waals surface area contributed by atoms with Crippen molar-refractivity contribution in [2.45, 2.75) is 6.04 Å². The number of rotatable bonds is 8. The molecular weight excluding hydrogens is 312 g/mol. The molecule has 1 aliphatic heterocycles. The van der Waals surface area contributed by atoms with E-state index in [1.165, 1.54) is 5.56 Å². The molecule has 0 aliphatic carbocycles. The summed E-state index contributed by atoms with van der Waals surface area (Å²) in [5.41, 5.74) is 8.02. The first-order valence-corrected chi connectivity index (χ1v) is 8.90. The zero-order valence-corrected chi connectivity index (χ0v) is 15.0. The molecule has 1 saturated heterocycles. The van der Waals surface area contributed by atoms with Gasteiger partial charge in [-0.15, -0.1) is 0 Å². The molecule has 2 aromatic carbocycles. The van der Waals surface area contributed by atoms with Gasteiger partial charge in [-0.1, -0.05) is 30.3 Å². The smallest absolute Gasteiger partial charge is 0.127 e. The number of likely N-dealkylation sites (N-methyl/N-ethyl adjacent to an activating group) is 2. The number of benzene rings is 2. The van der Waals surface area contributed by atoms with Crippen molar-refractivity contribution in [3.05, 3.63) is 60.2 Å². The molecule has 0 aromatic heterocycles. The van der Waals surface area contributed by atoms with Crippen molar-refractivity contribution in [3.63, 3.8) is 0 Å². The lowest BCUT2D eigenvalue weighted by Crippen LogP contribution is -2.34. The molecule has 1 fully saturated rings. The van der Waals surface area contributed by atoms with Gasteiger partial charge in [-0.25, -0.2) is 5.43 Å². The lowest BCUT2D eigenvalue weighted by Gasteiger charge is -2.25. The minimum absolute atomic E-state index is 0.322. The molecule has 5 heteroatoms. The second kappa shape index (κ2) is 8.97. The average molecular weight is 340 g/mol. The van der Waals surface area contributed by atoms with Gasteiger partial charge in [0.05, 0.1) is 6.04 Å². The van der Waals surface area contributed by atoms with E-state index >= 15 is 0 Å². The fourth-order valence-corrected chi connectivity index (χ4v) is 3.22. The molecule has 2 unspecified atom stereocenters. The topological polar surface area (TPSA) is 48.6 Å². The van der Waals surface area contributed by atoms with Gasteiger partial charge in [-0.05, 0) is 43.9 Å². The van der Waals surface area contributed by atoms with Gasteiger partial charge >= 0.3 is 0 Å². The van der Waals surface area contributed by atoms with Crippen LogP contribution < -0.4 is 20.9 Å². The highest BCUT2D eigenvalue weighted by atomic mass is 16.5. The lowest BCUT2D eigenvalue weighted by molar-refractivity contribution is 0.270. The van der Waals surface area contributed by atoms with Crippen LogP contribution in [0.4, 0.5) is 0 Å². The first-order chi connectivity index (χ1) is 12.3. The van der Waals surface area contributed by atoms with E-state index in [0.29, 0.717) is 12.0 Å². The zero-order valence-electron chi connectivity index (χ0n) is 15.0. The SMILES string of the molecule is CNCCN(C)CC1CNNC1c1ccc(Oc2ccccc2)cc1. The van der Waals surface area contributed by atoms with Gasteiger partial charge < -0.3 is 15.0 Å². The number of hydrazine groups is 1. The summed E-state index contributed by atoms with van der Waals surface area (Å²) in [5, 5.41) is 3.21. The number of nitrogens with zero attached hydrogens (tertiary/aromatic N) is 1. The molecule has 1 aliphatic rings. The number of hydrogen-bond acceptors (Lipinski definition) is 5. The van der Waals surface area contributed by atoms with Crippen molar-refractivity contribution in [2.75, 3.05) is 40.3 Å². The van der Waals surface area contributed by atoms with Crippen molar-refractivity contribution in [1.82, 2.24) is 21.1 Å². The Bertz CT molecular complexity index is 632. The van der Waals surface area contributed by atoms with Gasteiger partial charge in [-0.2, -0.15) is 0 Å². The zero-order chi connectivity index (χ0) is 17.5. The van der Waals surface area contributed by atoms with E-state index in [0.717, 1.165) is 37.7 Å². The molecule has 1 heterocycles. The summed E-state index contributed by atoms with van der Waals surface area (Å²) >= 11 is 0. The van der Waals surface area contributed by atoms with Crippen LogP contribution in [0.25, 0.3) is 0 Å². The molecule has 0 spiro atoms. The third-order valence-corrected chi connectivity index (χ3v) is 4.60. The quantitative estimate of drug-likeness (QED) is 0.689. The standard InChI is InChI=1S/C20H28N4O/c1-21-12-13-24(2)15-17-14-22-23-20(17)16-8-10-19(11-9-16)25-18-6-4-3-5-7-18/h3-11,17,20-23H,12-15H2,1-2H3. The number of nitrogens with one attached hydrogen (secondary N) is 3. The molecule has 3 rings (SSSR count). The van der Waals surface area contributed by atoms with Gasteiger partial charge in [-0.3, -0.25) is 5.43 Å². The summed E-state index contributed by atoms with van der Waals surface area (Å²) in [6, 6.07) is 18.6. The van der Waals surface area contributed by atoms with E-state index in [-0.39, 0.29) is 0 Å². The maximum Gasteiger partial charge on any atom is 0.127 e. The predicted octanol–water partition coefficient (Wildman–Crippen LogP) is 2.40. The Kier molecular flexibility index (Phi) is 6.42. The maximum atomic E-state index is 5.88. The maximum absolute atomic E-state index is 5.88. The summed E-state index contributed by atoms with van der Waals surface area (Å²) in [7, 11) is 4.18. The van der Waals surface area contributed by atoms with Crippen molar-refractivity contribution < 1.29 is 4.74 Å². The van der Waals surface area contributed by atoms with E-state index in [1.807, 2.05) is 49.5 Å². The molecule has 0 bridgehead atoms. The normalized spacial score (nSPS) is 20.1. The number of ether oxygens (including phenoxy) is 1. The van der Waals surface area contributed by atoms with Crippen LogP contribution in [0.3, 0.4) is 0 Å².